The van der Waals surface area contributed by atoms with Crippen LogP contribution >= 0.6 is 0 Å². The summed E-state index contributed by atoms with van der Waals surface area (Å²) in [4.78, 5) is 40.3. The second-order valence-electron chi connectivity index (χ2n) is 10.2. The Labute approximate surface area is 232 Å². The number of hydrogen-bond donors (Lipinski definition) is 1. The predicted octanol–water partition coefficient (Wildman–Crippen LogP) is 7.02. The molecule has 1 saturated heterocycles. The standard InChI is InChI=1S/C34H29N3O3/c1-3-22(2)23-15-17-27(18-16-23)37-33(39)30(32(38)35-34(37)40)19-26-21-36(31-14-7-6-13-29(26)31)20-25-11-8-10-24-9-4-5-12-28(24)25/h4-19,21-22H,3,20H2,1-2H3,(H,35,38,40)/b30-19-/t22-/m1/s1. The van der Waals surface area contributed by atoms with Crippen LogP contribution in [0.25, 0.3) is 27.8 Å². The first-order valence-corrected chi connectivity index (χ1v) is 13.5. The third-order valence-corrected chi connectivity index (χ3v) is 7.77. The van der Waals surface area contributed by atoms with Crippen LogP contribution in [0, 0.1) is 0 Å². The van der Waals surface area contributed by atoms with Crippen molar-refractivity contribution in [3.05, 3.63) is 119 Å². The van der Waals surface area contributed by atoms with Gasteiger partial charge in [-0.25, -0.2) is 9.69 Å². The summed E-state index contributed by atoms with van der Waals surface area (Å²) >= 11 is 0. The lowest BCUT2D eigenvalue weighted by Gasteiger charge is -2.26. The predicted molar refractivity (Wildman–Crippen MR) is 159 cm³/mol. The van der Waals surface area contributed by atoms with Crippen molar-refractivity contribution in [1.29, 1.82) is 0 Å². The highest BCUT2D eigenvalue weighted by Crippen LogP contribution is 2.29. The quantitative estimate of drug-likeness (QED) is 0.190. The van der Waals surface area contributed by atoms with Crippen molar-refractivity contribution >= 4 is 51.3 Å². The monoisotopic (exact) mass is 527 g/mol. The summed E-state index contributed by atoms with van der Waals surface area (Å²) < 4.78 is 2.13. The van der Waals surface area contributed by atoms with Crippen LogP contribution in [-0.4, -0.2) is 22.4 Å². The van der Waals surface area contributed by atoms with Gasteiger partial charge in [-0.05, 0) is 58.5 Å². The van der Waals surface area contributed by atoms with Crippen molar-refractivity contribution in [3.63, 3.8) is 0 Å². The van der Waals surface area contributed by atoms with Crippen molar-refractivity contribution in [1.82, 2.24) is 9.88 Å². The number of benzene rings is 4. The average Bonchev–Trinajstić information content (AvgIpc) is 3.32. The van der Waals surface area contributed by atoms with Gasteiger partial charge >= 0.3 is 6.03 Å². The van der Waals surface area contributed by atoms with E-state index in [0.717, 1.165) is 33.4 Å². The van der Waals surface area contributed by atoms with E-state index in [2.05, 4.69) is 54.1 Å². The fourth-order valence-corrected chi connectivity index (χ4v) is 5.37. The first-order chi connectivity index (χ1) is 19.4. The van der Waals surface area contributed by atoms with E-state index in [1.165, 1.54) is 16.3 Å². The van der Waals surface area contributed by atoms with E-state index >= 15 is 0 Å². The Kier molecular flexibility index (Phi) is 6.52. The second kappa shape index (κ2) is 10.3. The molecule has 1 aliphatic rings. The highest BCUT2D eigenvalue weighted by atomic mass is 16.2. The maximum absolute atomic E-state index is 13.6. The molecule has 6 nitrogen and oxygen atoms in total. The van der Waals surface area contributed by atoms with Crippen LogP contribution in [0.2, 0.25) is 0 Å². The Bertz CT molecular complexity index is 1810. The van der Waals surface area contributed by atoms with Gasteiger partial charge < -0.3 is 4.57 Å². The molecule has 40 heavy (non-hydrogen) atoms. The molecule has 6 heteroatoms. The molecule has 1 aromatic heterocycles. The van der Waals surface area contributed by atoms with Gasteiger partial charge in [-0.2, -0.15) is 0 Å². The molecule has 0 spiro atoms. The Balaban J connectivity index is 1.38. The molecule has 2 heterocycles. The number of rotatable bonds is 6. The molecule has 1 N–H and O–H groups in total. The van der Waals surface area contributed by atoms with Crippen molar-refractivity contribution in [2.24, 2.45) is 0 Å². The number of amides is 4. The van der Waals surface area contributed by atoms with Crippen molar-refractivity contribution in [2.45, 2.75) is 32.7 Å². The van der Waals surface area contributed by atoms with E-state index < -0.39 is 17.8 Å². The summed E-state index contributed by atoms with van der Waals surface area (Å²) in [5.41, 5.74) is 4.35. The lowest BCUT2D eigenvalue weighted by molar-refractivity contribution is -0.122. The van der Waals surface area contributed by atoms with Crippen molar-refractivity contribution in [3.8, 4) is 0 Å². The molecule has 5 aromatic rings. The summed E-state index contributed by atoms with van der Waals surface area (Å²) in [6.07, 6.45) is 4.53. The largest absolute Gasteiger partial charge is 0.342 e. The molecule has 198 valence electrons. The zero-order chi connectivity index (χ0) is 27.8. The average molecular weight is 528 g/mol. The smallest absolute Gasteiger partial charge is 0.335 e. The minimum atomic E-state index is -0.748. The summed E-state index contributed by atoms with van der Waals surface area (Å²) in [5.74, 6) is -0.979. The molecule has 0 bridgehead atoms. The second-order valence-corrected chi connectivity index (χ2v) is 10.2. The van der Waals surface area contributed by atoms with Gasteiger partial charge in [-0.15, -0.1) is 0 Å². The number of carbonyl (C=O) groups is 3. The molecule has 4 aromatic carbocycles. The number of carbonyl (C=O) groups excluding carboxylic acids is 3. The SMILES string of the molecule is CC[C@@H](C)c1ccc(N2C(=O)NC(=O)/C(=C/c3cn(Cc4cccc5ccccc45)c4ccccc34)C2=O)cc1. The van der Waals surface area contributed by atoms with Crippen LogP contribution in [-0.2, 0) is 16.1 Å². The molecule has 1 atom stereocenters. The molecular weight excluding hydrogens is 498 g/mol. The number of aromatic nitrogens is 1. The van der Waals surface area contributed by atoms with E-state index in [1.807, 2.05) is 54.7 Å². The van der Waals surface area contributed by atoms with Crippen LogP contribution in [0.15, 0.2) is 103 Å². The van der Waals surface area contributed by atoms with Crippen LogP contribution in [0.3, 0.4) is 0 Å². The van der Waals surface area contributed by atoms with E-state index in [4.69, 9.17) is 0 Å². The topological polar surface area (TPSA) is 71.4 Å². The molecule has 0 unspecified atom stereocenters. The first kappa shape index (κ1) is 25.3. The summed E-state index contributed by atoms with van der Waals surface area (Å²) in [6, 6.07) is 29.1. The fraction of sp³-hybridized carbons (Fsp3) is 0.147. The Morgan fingerprint density at radius 2 is 1.52 bits per heavy atom. The zero-order valence-electron chi connectivity index (χ0n) is 22.4. The van der Waals surface area contributed by atoms with E-state index in [9.17, 15) is 14.4 Å². The van der Waals surface area contributed by atoms with Gasteiger partial charge in [0, 0.05) is 29.2 Å². The Hall–Kier alpha value is -4.97. The number of nitrogens with one attached hydrogen (secondary N) is 1. The van der Waals surface area contributed by atoms with E-state index in [0.29, 0.717) is 18.2 Å². The van der Waals surface area contributed by atoms with Gasteiger partial charge in [0.1, 0.15) is 5.57 Å². The number of urea groups is 1. The third-order valence-electron chi connectivity index (χ3n) is 7.77. The lowest BCUT2D eigenvalue weighted by Crippen LogP contribution is -2.54. The highest BCUT2D eigenvalue weighted by Gasteiger charge is 2.37. The van der Waals surface area contributed by atoms with E-state index in [-0.39, 0.29) is 5.57 Å². The molecule has 0 radical (unpaired) electrons. The number of anilines is 1. The van der Waals surface area contributed by atoms with Crippen LogP contribution in [0.4, 0.5) is 10.5 Å². The number of hydrogen-bond acceptors (Lipinski definition) is 3. The van der Waals surface area contributed by atoms with Gasteiger partial charge in [0.2, 0.25) is 0 Å². The summed E-state index contributed by atoms with van der Waals surface area (Å²) in [7, 11) is 0. The highest BCUT2D eigenvalue weighted by molar-refractivity contribution is 6.39. The fourth-order valence-electron chi connectivity index (χ4n) is 5.37. The Morgan fingerprint density at radius 1 is 0.825 bits per heavy atom. The van der Waals surface area contributed by atoms with Crippen LogP contribution in [0.5, 0.6) is 0 Å². The van der Waals surface area contributed by atoms with E-state index in [1.54, 1.807) is 18.2 Å². The maximum atomic E-state index is 13.6. The van der Waals surface area contributed by atoms with Gasteiger partial charge in [-0.3, -0.25) is 14.9 Å². The minimum absolute atomic E-state index is 0.0846. The first-order valence-electron chi connectivity index (χ1n) is 13.5. The van der Waals surface area contributed by atoms with Crippen molar-refractivity contribution < 1.29 is 14.4 Å². The van der Waals surface area contributed by atoms with Gasteiger partial charge in [-0.1, -0.05) is 86.6 Å². The normalized spacial score (nSPS) is 15.7. The van der Waals surface area contributed by atoms with Crippen LogP contribution < -0.4 is 10.2 Å². The number of nitrogens with zero attached hydrogens (tertiary/aromatic N) is 2. The molecular formula is C34H29N3O3. The van der Waals surface area contributed by atoms with Crippen molar-refractivity contribution in [2.75, 3.05) is 4.90 Å². The maximum Gasteiger partial charge on any atom is 0.335 e. The lowest BCUT2D eigenvalue weighted by atomic mass is 9.98. The molecule has 0 aliphatic carbocycles. The minimum Gasteiger partial charge on any atom is -0.342 e. The molecule has 0 saturated carbocycles. The van der Waals surface area contributed by atoms with Gasteiger partial charge in [0.15, 0.2) is 0 Å². The number of fused-ring (bicyclic) bond motifs is 2. The Morgan fingerprint density at radius 3 is 2.30 bits per heavy atom. The summed E-state index contributed by atoms with van der Waals surface area (Å²) in [5, 5.41) is 5.61. The molecule has 4 amide bonds. The third kappa shape index (κ3) is 4.47. The molecule has 1 aliphatic heterocycles. The van der Waals surface area contributed by atoms with Gasteiger partial charge in [0.25, 0.3) is 11.8 Å². The zero-order valence-corrected chi connectivity index (χ0v) is 22.4. The molecule has 1 fully saturated rings. The summed E-state index contributed by atoms with van der Waals surface area (Å²) in [6.45, 7) is 4.87. The number of para-hydroxylation sites is 1. The number of imide groups is 2. The number of barbiturate groups is 1. The molecule has 6 rings (SSSR count). The van der Waals surface area contributed by atoms with Gasteiger partial charge in [0.05, 0.1) is 5.69 Å². The van der Waals surface area contributed by atoms with Crippen LogP contribution in [0.1, 0.15) is 42.9 Å².